The van der Waals surface area contributed by atoms with Gasteiger partial charge in [-0.3, -0.25) is 0 Å². The highest BCUT2D eigenvalue weighted by molar-refractivity contribution is 8.01. The van der Waals surface area contributed by atoms with E-state index in [1.165, 1.54) is 9.77 Å². The Morgan fingerprint density at radius 3 is 2.95 bits per heavy atom. The number of benzene rings is 1. The van der Waals surface area contributed by atoms with Gasteiger partial charge >= 0.3 is 0 Å². The summed E-state index contributed by atoms with van der Waals surface area (Å²) < 4.78 is 15.0. The summed E-state index contributed by atoms with van der Waals surface area (Å²) in [5.74, 6) is -0.145. The Kier molecular flexibility index (Phi) is 3.54. The third-order valence-electron chi connectivity index (χ3n) is 3.42. The number of nitrogens with one attached hydrogen (secondary N) is 1. The molecule has 1 aliphatic rings. The second kappa shape index (κ2) is 5.17. The lowest BCUT2D eigenvalue weighted by Gasteiger charge is -2.28. The monoisotopic (exact) mass is 293 g/mol. The zero-order chi connectivity index (χ0) is 13.4. The first-order valence-corrected chi connectivity index (χ1v) is 8.16. The molecule has 4 heteroatoms. The summed E-state index contributed by atoms with van der Waals surface area (Å²) in [4.78, 5) is 0. The van der Waals surface area contributed by atoms with Crippen LogP contribution in [0.5, 0.6) is 0 Å². The first-order valence-electron chi connectivity index (χ1n) is 6.40. The molecule has 0 fully saturated rings. The van der Waals surface area contributed by atoms with E-state index in [2.05, 4.69) is 23.7 Å². The highest BCUT2D eigenvalue weighted by Crippen LogP contribution is 2.44. The van der Waals surface area contributed by atoms with Crippen LogP contribution in [0.15, 0.2) is 33.9 Å². The van der Waals surface area contributed by atoms with Crippen molar-refractivity contribution in [2.45, 2.75) is 35.8 Å². The molecule has 1 nitrogen and oxygen atoms in total. The van der Waals surface area contributed by atoms with Crippen LogP contribution in [0.4, 0.5) is 10.1 Å². The van der Waals surface area contributed by atoms with E-state index in [1.54, 1.807) is 24.3 Å². The second-order valence-corrected chi connectivity index (χ2v) is 7.61. The topological polar surface area (TPSA) is 12.0 Å². The molecule has 2 heterocycles. The summed E-state index contributed by atoms with van der Waals surface area (Å²) in [5, 5.41) is 6.21. The first-order chi connectivity index (χ1) is 9.13. The van der Waals surface area contributed by atoms with Gasteiger partial charge in [-0.1, -0.05) is 13.0 Å². The average molecular weight is 293 g/mol. The molecule has 1 aromatic carbocycles. The Hall–Kier alpha value is -1.00. The van der Waals surface area contributed by atoms with Crippen LogP contribution in [0.1, 0.15) is 30.5 Å². The minimum absolute atomic E-state index is 0.145. The molecule has 3 rings (SSSR count). The summed E-state index contributed by atoms with van der Waals surface area (Å²) in [6.07, 6.45) is 1.07. The van der Waals surface area contributed by atoms with Crippen LogP contribution in [-0.4, -0.2) is 5.25 Å². The van der Waals surface area contributed by atoms with Crippen LogP contribution in [0.3, 0.4) is 0 Å². The zero-order valence-electron chi connectivity index (χ0n) is 10.9. The van der Waals surface area contributed by atoms with E-state index < -0.39 is 0 Å². The van der Waals surface area contributed by atoms with Crippen LogP contribution in [0.2, 0.25) is 0 Å². The highest BCUT2D eigenvalue weighted by atomic mass is 32.2. The van der Waals surface area contributed by atoms with Crippen molar-refractivity contribution >= 4 is 28.8 Å². The second-order valence-electron chi connectivity index (χ2n) is 4.99. The number of thiophene rings is 1. The maximum absolute atomic E-state index is 13.6. The molecule has 0 saturated heterocycles. The van der Waals surface area contributed by atoms with Crippen molar-refractivity contribution in [2.24, 2.45) is 0 Å². The lowest BCUT2D eigenvalue weighted by atomic mass is 10.0. The van der Waals surface area contributed by atoms with Crippen molar-refractivity contribution in [3.05, 3.63) is 46.6 Å². The predicted octanol–water partition coefficient (Wildman–Crippen LogP) is 5.23. The largest absolute Gasteiger partial charge is 0.378 e. The number of thioether (sulfide) groups is 1. The first kappa shape index (κ1) is 13.0. The van der Waals surface area contributed by atoms with Gasteiger partial charge in [-0.15, -0.1) is 23.1 Å². The number of rotatable bonds is 2. The Morgan fingerprint density at radius 1 is 1.32 bits per heavy atom. The maximum atomic E-state index is 13.6. The van der Waals surface area contributed by atoms with Crippen LogP contribution < -0.4 is 5.32 Å². The minimum Gasteiger partial charge on any atom is -0.378 e. The number of hydrogen-bond donors (Lipinski definition) is 1. The van der Waals surface area contributed by atoms with Crippen molar-refractivity contribution in [1.82, 2.24) is 0 Å². The van der Waals surface area contributed by atoms with Gasteiger partial charge < -0.3 is 5.32 Å². The maximum Gasteiger partial charge on any atom is 0.128 e. The molecule has 1 unspecified atom stereocenters. The zero-order valence-corrected chi connectivity index (χ0v) is 12.6. The normalized spacial score (nSPS) is 22.1. The summed E-state index contributed by atoms with van der Waals surface area (Å²) in [6, 6.07) is 7.85. The standard InChI is InChI=1S/C15H16FNS2/c1-9-3-4-11(8-13(9)16)17-14-7-10(2)19-15-12(14)5-6-18-15/h3-6,8,10,14,17H,7H2,1-2H3/t10-,14?/m0/s1. The SMILES string of the molecule is Cc1ccc(NC2C[C@H](C)Sc3sccc32)cc1F. The van der Waals surface area contributed by atoms with Crippen molar-refractivity contribution in [3.63, 3.8) is 0 Å². The van der Waals surface area contributed by atoms with Gasteiger partial charge in [0.2, 0.25) is 0 Å². The Balaban J connectivity index is 1.86. The third kappa shape index (κ3) is 2.65. The summed E-state index contributed by atoms with van der Waals surface area (Å²) in [7, 11) is 0. The predicted molar refractivity (Wildman–Crippen MR) is 81.8 cm³/mol. The molecule has 0 amide bonds. The van der Waals surface area contributed by atoms with Crippen molar-refractivity contribution in [1.29, 1.82) is 0 Å². The van der Waals surface area contributed by atoms with Crippen molar-refractivity contribution in [3.8, 4) is 0 Å². The number of halogens is 1. The molecular weight excluding hydrogens is 277 g/mol. The van der Waals surface area contributed by atoms with Gasteiger partial charge in [-0.2, -0.15) is 0 Å². The number of fused-ring (bicyclic) bond motifs is 1. The van der Waals surface area contributed by atoms with Crippen molar-refractivity contribution in [2.75, 3.05) is 5.32 Å². The molecule has 0 saturated carbocycles. The van der Waals surface area contributed by atoms with Gasteiger partial charge in [-0.05, 0) is 48.1 Å². The van der Waals surface area contributed by atoms with Crippen molar-refractivity contribution < 1.29 is 4.39 Å². The summed E-state index contributed by atoms with van der Waals surface area (Å²) in [5.41, 5.74) is 2.91. The third-order valence-corrected chi connectivity index (χ3v) is 5.77. The molecule has 19 heavy (non-hydrogen) atoms. The fourth-order valence-electron chi connectivity index (χ4n) is 2.37. The van der Waals surface area contributed by atoms with Gasteiger partial charge in [0.1, 0.15) is 5.82 Å². The Labute approximate surface area is 121 Å². The molecule has 0 bridgehead atoms. The lowest BCUT2D eigenvalue weighted by molar-refractivity contribution is 0.617. The molecule has 0 radical (unpaired) electrons. The molecule has 1 aliphatic heterocycles. The van der Waals surface area contributed by atoms with E-state index in [4.69, 9.17) is 0 Å². The number of hydrogen-bond acceptors (Lipinski definition) is 3. The quantitative estimate of drug-likeness (QED) is 0.813. The van der Waals surface area contributed by atoms with E-state index in [1.807, 2.05) is 23.9 Å². The van der Waals surface area contributed by atoms with Crippen LogP contribution >= 0.6 is 23.1 Å². The lowest BCUT2D eigenvalue weighted by Crippen LogP contribution is -2.19. The van der Waals surface area contributed by atoms with E-state index in [0.29, 0.717) is 16.9 Å². The van der Waals surface area contributed by atoms with Gasteiger partial charge in [0.15, 0.2) is 0 Å². The molecule has 2 aromatic rings. The van der Waals surface area contributed by atoms with Gasteiger partial charge in [-0.25, -0.2) is 4.39 Å². The number of aryl methyl sites for hydroxylation is 1. The Bertz CT molecular complexity index is 594. The van der Waals surface area contributed by atoms with E-state index in [0.717, 1.165) is 12.1 Å². The van der Waals surface area contributed by atoms with Gasteiger partial charge in [0.25, 0.3) is 0 Å². The average Bonchev–Trinajstić information content (AvgIpc) is 2.82. The Morgan fingerprint density at radius 2 is 2.16 bits per heavy atom. The smallest absolute Gasteiger partial charge is 0.128 e. The van der Waals surface area contributed by atoms with Crippen LogP contribution in [0.25, 0.3) is 0 Å². The van der Waals surface area contributed by atoms with E-state index in [-0.39, 0.29) is 5.82 Å². The molecule has 0 aliphatic carbocycles. The molecule has 1 aromatic heterocycles. The molecular formula is C15H16FNS2. The van der Waals surface area contributed by atoms with E-state index >= 15 is 0 Å². The molecule has 1 N–H and O–H groups in total. The molecule has 2 atom stereocenters. The fourth-order valence-corrected chi connectivity index (χ4v) is 4.94. The van der Waals surface area contributed by atoms with Crippen LogP contribution in [0, 0.1) is 12.7 Å². The number of anilines is 1. The fraction of sp³-hybridized carbons (Fsp3) is 0.333. The molecule has 0 spiro atoms. The van der Waals surface area contributed by atoms with Gasteiger partial charge in [0, 0.05) is 10.9 Å². The summed E-state index contributed by atoms with van der Waals surface area (Å²) >= 11 is 3.74. The summed E-state index contributed by atoms with van der Waals surface area (Å²) in [6.45, 7) is 4.03. The van der Waals surface area contributed by atoms with Crippen LogP contribution in [-0.2, 0) is 0 Å². The van der Waals surface area contributed by atoms with E-state index in [9.17, 15) is 4.39 Å². The molecule has 100 valence electrons. The highest BCUT2D eigenvalue weighted by Gasteiger charge is 2.26. The minimum atomic E-state index is -0.145. The van der Waals surface area contributed by atoms with Gasteiger partial charge in [0.05, 0.1) is 10.3 Å².